The number of nitrogens with one attached hydrogen (secondary N) is 1. The Hall–Kier alpha value is -2.77. The number of thiazole rings is 1. The number of aromatic nitrogens is 1. The fourth-order valence-corrected chi connectivity index (χ4v) is 2.90. The third-order valence-electron chi connectivity index (χ3n) is 3.34. The molecule has 7 heteroatoms. The fourth-order valence-electron chi connectivity index (χ4n) is 2.17. The SMILES string of the molecule is O=C(COCCOc1ccccc1)Nc1nc(-c2cccc(F)c2)cs1. The van der Waals surface area contributed by atoms with Crippen LogP contribution < -0.4 is 10.1 Å². The number of para-hydroxylation sites is 1. The molecule has 26 heavy (non-hydrogen) atoms. The van der Waals surface area contributed by atoms with Crippen LogP contribution in [0.2, 0.25) is 0 Å². The highest BCUT2D eigenvalue weighted by Gasteiger charge is 2.09. The lowest BCUT2D eigenvalue weighted by molar-refractivity contribution is -0.120. The van der Waals surface area contributed by atoms with E-state index in [4.69, 9.17) is 9.47 Å². The van der Waals surface area contributed by atoms with Crippen LogP contribution in [0.25, 0.3) is 11.3 Å². The Morgan fingerprint density at radius 1 is 1.12 bits per heavy atom. The minimum Gasteiger partial charge on any atom is -0.491 e. The maximum Gasteiger partial charge on any atom is 0.252 e. The average Bonchev–Trinajstić information content (AvgIpc) is 3.11. The Balaban J connectivity index is 1.40. The molecular weight excluding hydrogens is 355 g/mol. The van der Waals surface area contributed by atoms with Crippen molar-refractivity contribution in [3.63, 3.8) is 0 Å². The number of rotatable bonds is 8. The second-order valence-corrected chi connectivity index (χ2v) is 6.17. The smallest absolute Gasteiger partial charge is 0.252 e. The Morgan fingerprint density at radius 3 is 2.77 bits per heavy atom. The van der Waals surface area contributed by atoms with Crippen LogP contribution in [-0.4, -0.2) is 30.7 Å². The van der Waals surface area contributed by atoms with E-state index in [2.05, 4.69) is 10.3 Å². The molecule has 0 bridgehead atoms. The maximum absolute atomic E-state index is 13.3. The van der Waals surface area contributed by atoms with Crippen LogP contribution in [0.4, 0.5) is 9.52 Å². The van der Waals surface area contributed by atoms with Crippen LogP contribution >= 0.6 is 11.3 Å². The first-order chi connectivity index (χ1) is 12.7. The van der Waals surface area contributed by atoms with Gasteiger partial charge >= 0.3 is 0 Å². The van der Waals surface area contributed by atoms with E-state index >= 15 is 0 Å². The van der Waals surface area contributed by atoms with Gasteiger partial charge in [0.15, 0.2) is 5.13 Å². The first kappa shape index (κ1) is 18.0. The molecule has 134 valence electrons. The molecule has 2 aromatic carbocycles. The molecular formula is C19H17FN2O3S. The summed E-state index contributed by atoms with van der Waals surface area (Å²) in [5, 5.41) is 4.87. The second-order valence-electron chi connectivity index (χ2n) is 5.31. The molecule has 1 heterocycles. The lowest BCUT2D eigenvalue weighted by Crippen LogP contribution is -2.20. The molecule has 0 aliphatic carbocycles. The van der Waals surface area contributed by atoms with Gasteiger partial charge in [-0.3, -0.25) is 10.1 Å². The summed E-state index contributed by atoms with van der Waals surface area (Å²) in [6.45, 7) is 0.569. The molecule has 5 nitrogen and oxygen atoms in total. The average molecular weight is 372 g/mol. The Bertz CT molecular complexity index is 855. The van der Waals surface area contributed by atoms with Crippen molar-refractivity contribution in [2.45, 2.75) is 0 Å². The Labute approximate surface area is 154 Å². The number of amides is 1. The molecule has 0 aliphatic rings. The zero-order chi connectivity index (χ0) is 18.2. The Kier molecular flexibility index (Phi) is 6.29. The highest BCUT2D eigenvalue weighted by Crippen LogP contribution is 2.25. The standard InChI is InChI=1S/C19H17FN2O3S/c20-15-6-4-5-14(11-15)17-13-26-19(21-17)22-18(23)12-24-9-10-25-16-7-2-1-3-8-16/h1-8,11,13H,9-10,12H2,(H,21,22,23). The zero-order valence-electron chi connectivity index (χ0n) is 13.9. The topological polar surface area (TPSA) is 60.5 Å². The van der Waals surface area contributed by atoms with Crippen LogP contribution in [0.5, 0.6) is 5.75 Å². The number of anilines is 1. The monoisotopic (exact) mass is 372 g/mol. The third kappa shape index (κ3) is 5.37. The lowest BCUT2D eigenvalue weighted by atomic mass is 10.2. The molecule has 1 amide bonds. The van der Waals surface area contributed by atoms with Crippen LogP contribution in [0.3, 0.4) is 0 Å². The van der Waals surface area contributed by atoms with Gasteiger partial charge in [0.1, 0.15) is 24.8 Å². The minimum atomic E-state index is -0.327. The maximum atomic E-state index is 13.3. The molecule has 3 rings (SSSR count). The lowest BCUT2D eigenvalue weighted by Gasteiger charge is -2.06. The van der Waals surface area contributed by atoms with Crippen molar-refractivity contribution in [3.05, 3.63) is 65.8 Å². The number of hydrogen-bond acceptors (Lipinski definition) is 5. The summed E-state index contributed by atoms with van der Waals surface area (Å²) in [5.41, 5.74) is 1.28. The fraction of sp³-hybridized carbons (Fsp3) is 0.158. The van der Waals surface area contributed by atoms with Crippen molar-refractivity contribution in [1.29, 1.82) is 0 Å². The van der Waals surface area contributed by atoms with Crippen LogP contribution in [0.15, 0.2) is 60.0 Å². The summed E-state index contributed by atoms with van der Waals surface area (Å²) in [6.07, 6.45) is 0. The highest BCUT2D eigenvalue weighted by atomic mass is 32.1. The molecule has 0 atom stereocenters. The molecule has 0 aliphatic heterocycles. The molecule has 1 N–H and O–H groups in total. The number of benzene rings is 2. The van der Waals surface area contributed by atoms with Gasteiger partial charge in [0, 0.05) is 10.9 Å². The van der Waals surface area contributed by atoms with E-state index in [-0.39, 0.29) is 18.3 Å². The number of hydrogen-bond donors (Lipinski definition) is 1. The minimum absolute atomic E-state index is 0.0902. The number of nitrogens with zero attached hydrogens (tertiary/aromatic N) is 1. The molecule has 0 unspecified atom stereocenters. The van der Waals surface area contributed by atoms with Gasteiger partial charge in [0.05, 0.1) is 12.3 Å². The Morgan fingerprint density at radius 2 is 1.96 bits per heavy atom. The predicted octanol–water partition coefficient (Wildman–Crippen LogP) is 3.98. The van der Waals surface area contributed by atoms with E-state index in [0.29, 0.717) is 29.6 Å². The molecule has 0 radical (unpaired) electrons. The van der Waals surface area contributed by atoms with Gasteiger partial charge < -0.3 is 9.47 Å². The van der Waals surface area contributed by atoms with E-state index in [1.165, 1.54) is 23.5 Å². The second kappa shape index (κ2) is 9.07. The molecule has 0 saturated heterocycles. The summed E-state index contributed by atoms with van der Waals surface area (Å²) >= 11 is 1.27. The van der Waals surface area contributed by atoms with Gasteiger partial charge in [-0.2, -0.15) is 0 Å². The molecule has 3 aromatic rings. The van der Waals surface area contributed by atoms with Gasteiger partial charge in [-0.15, -0.1) is 11.3 Å². The molecule has 0 saturated carbocycles. The van der Waals surface area contributed by atoms with E-state index in [1.54, 1.807) is 17.5 Å². The van der Waals surface area contributed by atoms with E-state index in [0.717, 1.165) is 5.75 Å². The van der Waals surface area contributed by atoms with E-state index < -0.39 is 0 Å². The van der Waals surface area contributed by atoms with Gasteiger partial charge in [-0.25, -0.2) is 9.37 Å². The summed E-state index contributed by atoms with van der Waals surface area (Å²) in [6, 6.07) is 15.5. The summed E-state index contributed by atoms with van der Waals surface area (Å²) in [4.78, 5) is 16.2. The summed E-state index contributed by atoms with van der Waals surface area (Å²) in [7, 11) is 0. The number of carbonyl (C=O) groups excluding carboxylic acids is 1. The van der Waals surface area contributed by atoms with Crippen molar-refractivity contribution < 1.29 is 18.7 Å². The third-order valence-corrected chi connectivity index (χ3v) is 4.10. The number of carbonyl (C=O) groups is 1. The van der Waals surface area contributed by atoms with Crippen molar-refractivity contribution in [2.24, 2.45) is 0 Å². The largest absolute Gasteiger partial charge is 0.491 e. The van der Waals surface area contributed by atoms with Crippen molar-refractivity contribution in [3.8, 4) is 17.0 Å². The van der Waals surface area contributed by atoms with E-state index in [9.17, 15) is 9.18 Å². The highest BCUT2D eigenvalue weighted by molar-refractivity contribution is 7.14. The molecule has 1 aromatic heterocycles. The first-order valence-corrected chi connectivity index (χ1v) is 8.85. The molecule has 0 fully saturated rings. The number of ether oxygens (including phenoxy) is 2. The van der Waals surface area contributed by atoms with Crippen LogP contribution in [0, 0.1) is 5.82 Å². The van der Waals surface area contributed by atoms with Crippen molar-refractivity contribution >= 4 is 22.4 Å². The normalized spacial score (nSPS) is 10.5. The first-order valence-electron chi connectivity index (χ1n) is 7.97. The van der Waals surface area contributed by atoms with Gasteiger partial charge in [-0.1, -0.05) is 30.3 Å². The zero-order valence-corrected chi connectivity index (χ0v) is 14.7. The summed E-state index contributed by atoms with van der Waals surface area (Å²) < 4.78 is 24.0. The van der Waals surface area contributed by atoms with Gasteiger partial charge in [0.25, 0.3) is 5.91 Å². The van der Waals surface area contributed by atoms with Gasteiger partial charge in [-0.05, 0) is 24.3 Å². The quantitative estimate of drug-likeness (QED) is 0.608. The van der Waals surface area contributed by atoms with E-state index in [1.807, 2.05) is 30.3 Å². The van der Waals surface area contributed by atoms with Crippen molar-refractivity contribution in [1.82, 2.24) is 4.98 Å². The van der Waals surface area contributed by atoms with Crippen LogP contribution in [0.1, 0.15) is 0 Å². The van der Waals surface area contributed by atoms with Gasteiger partial charge in [0.2, 0.25) is 0 Å². The predicted molar refractivity (Wildman–Crippen MR) is 98.9 cm³/mol. The molecule has 0 spiro atoms. The van der Waals surface area contributed by atoms with Crippen molar-refractivity contribution in [2.75, 3.05) is 25.1 Å². The van der Waals surface area contributed by atoms with Crippen LogP contribution in [-0.2, 0) is 9.53 Å². The number of halogens is 1. The summed E-state index contributed by atoms with van der Waals surface area (Å²) in [5.74, 6) is 0.130.